The van der Waals surface area contributed by atoms with Crippen LogP contribution in [0.3, 0.4) is 0 Å². The highest BCUT2D eigenvalue weighted by molar-refractivity contribution is 6.34. The van der Waals surface area contributed by atoms with E-state index in [0.29, 0.717) is 22.6 Å². The molecule has 0 saturated carbocycles. The first kappa shape index (κ1) is 14.0. The van der Waals surface area contributed by atoms with Gasteiger partial charge in [0.05, 0.1) is 7.11 Å². The third-order valence-corrected chi connectivity index (χ3v) is 3.24. The van der Waals surface area contributed by atoms with Crippen LogP contribution in [0.5, 0.6) is 11.5 Å². The first-order chi connectivity index (χ1) is 9.49. The summed E-state index contributed by atoms with van der Waals surface area (Å²) in [6.45, 7) is 1.69. The average Bonchev–Trinajstić information content (AvgIpc) is 2.41. The first-order valence-electron chi connectivity index (χ1n) is 5.69. The van der Waals surface area contributed by atoms with E-state index in [0.717, 1.165) is 0 Å². The van der Waals surface area contributed by atoms with Crippen molar-refractivity contribution in [2.24, 2.45) is 0 Å². The zero-order valence-electron chi connectivity index (χ0n) is 10.8. The van der Waals surface area contributed by atoms with E-state index in [1.54, 1.807) is 25.1 Å². The summed E-state index contributed by atoms with van der Waals surface area (Å²) < 4.78 is 5.00. The lowest BCUT2D eigenvalue weighted by Crippen LogP contribution is -2.12. The third kappa shape index (κ3) is 2.22. The monoisotopic (exact) mass is 290 g/mol. The van der Waals surface area contributed by atoms with Crippen LogP contribution in [0.15, 0.2) is 23.0 Å². The minimum Gasteiger partial charge on any atom is -0.506 e. The average molecular weight is 291 g/mol. The van der Waals surface area contributed by atoms with Gasteiger partial charge in [-0.3, -0.25) is 4.79 Å². The van der Waals surface area contributed by atoms with Crippen LogP contribution in [-0.2, 0) is 0 Å². The lowest BCUT2D eigenvalue weighted by molar-refractivity contribution is 0.408. The Kier molecular flexibility index (Phi) is 3.68. The SMILES string of the molecule is COc1ccc(-c2cc(C)[nH]c(=O)c2C#N)c(O)c1Cl. The highest BCUT2D eigenvalue weighted by atomic mass is 35.5. The maximum Gasteiger partial charge on any atom is 0.266 e. The van der Waals surface area contributed by atoms with Gasteiger partial charge in [-0.15, -0.1) is 0 Å². The number of H-pyrrole nitrogens is 1. The predicted molar refractivity (Wildman–Crippen MR) is 75.2 cm³/mol. The number of nitrogens with one attached hydrogen (secondary N) is 1. The molecule has 1 aromatic carbocycles. The molecule has 1 aromatic heterocycles. The number of phenolic OH excluding ortho intramolecular Hbond substituents is 1. The summed E-state index contributed by atoms with van der Waals surface area (Å²) in [5, 5.41) is 19.3. The number of nitrogens with zero attached hydrogens (tertiary/aromatic N) is 1. The Labute approximate surface area is 120 Å². The second-order valence-electron chi connectivity index (χ2n) is 4.16. The molecule has 2 N–H and O–H groups in total. The predicted octanol–water partition coefficient (Wildman–Crippen LogP) is 2.59. The Morgan fingerprint density at radius 2 is 2.10 bits per heavy atom. The lowest BCUT2D eigenvalue weighted by Gasteiger charge is -2.11. The van der Waals surface area contributed by atoms with E-state index < -0.39 is 5.56 Å². The minimum atomic E-state index is -0.506. The Hall–Kier alpha value is -2.45. The molecule has 6 heteroatoms. The van der Waals surface area contributed by atoms with Gasteiger partial charge in [0.2, 0.25) is 0 Å². The van der Waals surface area contributed by atoms with Crippen LogP contribution in [0, 0.1) is 18.3 Å². The number of hydrogen-bond acceptors (Lipinski definition) is 4. The van der Waals surface area contributed by atoms with Crippen molar-refractivity contribution >= 4 is 11.6 Å². The van der Waals surface area contributed by atoms with Crippen molar-refractivity contribution in [2.75, 3.05) is 7.11 Å². The van der Waals surface area contributed by atoms with Gasteiger partial charge in [0.15, 0.2) is 0 Å². The van der Waals surface area contributed by atoms with Gasteiger partial charge in [-0.05, 0) is 25.1 Å². The first-order valence-corrected chi connectivity index (χ1v) is 6.07. The van der Waals surface area contributed by atoms with Crippen LogP contribution in [0.4, 0.5) is 0 Å². The largest absolute Gasteiger partial charge is 0.506 e. The quantitative estimate of drug-likeness (QED) is 0.890. The normalized spacial score (nSPS) is 10.1. The van der Waals surface area contributed by atoms with Crippen LogP contribution in [0.1, 0.15) is 11.3 Å². The number of aromatic nitrogens is 1. The molecule has 0 unspecified atom stereocenters. The van der Waals surface area contributed by atoms with E-state index in [1.807, 2.05) is 6.07 Å². The maximum atomic E-state index is 11.8. The second kappa shape index (κ2) is 5.27. The molecule has 0 spiro atoms. The molecule has 0 aliphatic rings. The third-order valence-electron chi connectivity index (χ3n) is 2.87. The molecule has 0 amide bonds. The number of benzene rings is 1. The van der Waals surface area contributed by atoms with Gasteiger partial charge in [-0.2, -0.15) is 5.26 Å². The van der Waals surface area contributed by atoms with Crippen LogP contribution >= 0.6 is 11.6 Å². The number of rotatable bonds is 2. The van der Waals surface area contributed by atoms with Gasteiger partial charge in [0.1, 0.15) is 28.2 Å². The van der Waals surface area contributed by atoms with Crippen LogP contribution in [-0.4, -0.2) is 17.2 Å². The number of halogens is 1. The number of aromatic amines is 1. The zero-order chi connectivity index (χ0) is 14.9. The number of aromatic hydroxyl groups is 1. The molecular weight excluding hydrogens is 280 g/mol. The van der Waals surface area contributed by atoms with Crippen molar-refractivity contribution in [3.05, 3.63) is 44.8 Å². The van der Waals surface area contributed by atoms with Gasteiger partial charge < -0.3 is 14.8 Å². The molecule has 0 radical (unpaired) electrons. The Morgan fingerprint density at radius 1 is 1.40 bits per heavy atom. The Balaban J connectivity index is 2.79. The molecule has 0 bridgehead atoms. The van der Waals surface area contributed by atoms with Crippen molar-refractivity contribution in [2.45, 2.75) is 6.92 Å². The van der Waals surface area contributed by atoms with Crippen molar-refractivity contribution in [3.63, 3.8) is 0 Å². The minimum absolute atomic E-state index is 0.0341. The van der Waals surface area contributed by atoms with Gasteiger partial charge in [-0.25, -0.2) is 0 Å². The molecule has 2 rings (SSSR count). The van der Waals surface area contributed by atoms with E-state index in [-0.39, 0.29) is 16.3 Å². The summed E-state index contributed by atoms with van der Waals surface area (Å²) in [4.78, 5) is 14.3. The highest BCUT2D eigenvalue weighted by Crippen LogP contribution is 2.41. The van der Waals surface area contributed by atoms with Crippen LogP contribution < -0.4 is 10.3 Å². The number of ether oxygens (including phenoxy) is 1. The summed E-state index contributed by atoms with van der Waals surface area (Å²) >= 11 is 5.98. The fourth-order valence-electron chi connectivity index (χ4n) is 1.93. The molecule has 2 aromatic rings. The van der Waals surface area contributed by atoms with E-state index in [4.69, 9.17) is 21.6 Å². The van der Waals surface area contributed by atoms with Crippen LogP contribution in [0.2, 0.25) is 5.02 Å². The van der Waals surface area contributed by atoms with E-state index >= 15 is 0 Å². The number of phenols is 1. The fourth-order valence-corrected chi connectivity index (χ4v) is 2.18. The second-order valence-corrected chi connectivity index (χ2v) is 4.54. The molecule has 0 saturated heterocycles. The van der Waals surface area contributed by atoms with Gasteiger partial charge in [0, 0.05) is 16.8 Å². The summed E-state index contributed by atoms with van der Waals surface area (Å²) in [5.74, 6) is 0.0838. The number of nitriles is 1. The van der Waals surface area contributed by atoms with Crippen molar-refractivity contribution in [1.29, 1.82) is 5.26 Å². The van der Waals surface area contributed by atoms with Gasteiger partial charge >= 0.3 is 0 Å². The summed E-state index contributed by atoms with van der Waals surface area (Å²) in [6, 6.07) is 6.56. The van der Waals surface area contributed by atoms with E-state index in [9.17, 15) is 9.90 Å². The Bertz CT molecular complexity index is 775. The molecular formula is C14H11ClN2O3. The molecule has 5 nitrogen and oxygen atoms in total. The molecule has 20 heavy (non-hydrogen) atoms. The van der Waals surface area contributed by atoms with Crippen molar-refractivity contribution in [1.82, 2.24) is 4.98 Å². The van der Waals surface area contributed by atoms with E-state index in [2.05, 4.69) is 4.98 Å². The van der Waals surface area contributed by atoms with Crippen LogP contribution in [0.25, 0.3) is 11.1 Å². The highest BCUT2D eigenvalue weighted by Gasteiger charge is 2.17. The Morgan fingerprint density at radius 3 is 2.70 bits per heavy atom. The number of aryl methyl sites for hydroxylation is 1. The number of methoxy groups -OCH3 is 1. The summed E-state index contributed by atoms with van der Waals surface area (Å²) in [7, 11) is 1.43. The van der Waals surface area contributed by atoms with Gasteiger partial charge in [-0.1, -0.05) is 11.6 Å². The molecule has 0 fully saturated rings. The lowest BCUT2D eigenvalue weighted by atomic mass is 10.00. The van der Waals surface area contributed by atoms with Gasteiger partial charge in [0.25, 0.3) is 5.56 Å². The molecule has 0 aliphatic heterocycles. The topological polar surface area (TPSA) is 86.1 Å². The number of pyridine rings is 1. The molecule has 1 heterocycles. The number of hydrogen-bond donors (Lipinski definition) is 2. The zero-order valence-corrected chi connectivity index (χ0v) is 11.6. The van der Waals surface area contributed by atoms with Crippen molar-refractivity contribution in [3.8, 4) is 28.7 Å². The summed E-state index contributed by atoms with van der Waals surface area (Å²) in [6.07, 6.45) is 0. The molecule has 0 atom stereocenters. The maximum absolute atomic E-state index is 11.8. The molecule has 102 valence electrons. The smallest absolute Gasteiger partial charge is 0.266 e. The van der Waals surface area contributed by atoms with E-state index in [1.165, 1.54) is 7.11 Å². The molecule has 0 aliphatic carbocycles. The summed E-state index contributed by atoms with van der Waals surface area (Å²) in [5.41, 5.74) is 0.633. The van der Waals surface area contributed by atoms with Crippen molar-refractivity contribution < 1.29 is 9.84 Å². The fraction of sp³-hybridized carbons (Fsp3) is 0.143. The standard InChI is InChI=1S/C14H11ClN2O3/c1-7-5-9(10(6-16)14(19)17-7)8-3-4-11(20-2)12(15)13(8)18/h3-5,18H,1-2H3,(H,17,19).